The van der Waals surface area contributed by atoms with Crippen molar-refractivity contribution in [3.63, 3.8) is 0 Å². The number of fused-ring (bicyclic) bond motifs is 1. The van der Waals surface area contributed by atoms with E-state index in [2.05, 4.69) is 10.6 Å². The van der Waals surface area contributed by atoms with E-state index < -0.39 is 34.4 Å². The number of anilines is 2. The van der Waals surface area contributed by atoms with Crippen LogP contribution in [0.5, 0.6) is 23.0 Å². The normalized spacial score (nSPS) is 17.8. The van der Waals surface area contributed by atoms with Crippen molar-refractivity contribution in [3.05, 3.63) is 70.3 Å². The van der Waals surface area contributed by atoms with Crippen molar-refractivity contribution in [2.45, 2.75) is 84.7 Å². The number of ether oxygens (including phenoxy) is 5. The first-order valence-corrected chi connectivity index (χ1v) is 18.4. The monoisotopic (exact) mass is 775 g/mol. The van der Waals surface area contributed by atoms with Crippen molar-refractivity contribution in [1.82, 2.24) is 5.32 Å². The molecule has 14 nitrogen and oxygen atoms in total. The molecule has 2 aliphatic rings. The largest absolute Gasteiger partial charge is 0.489 e. The third-order valence-corrected chi connectivity index (χ3v) is 9.87. The Bertz CT molecular complexity index is 2060. The molecule has 2 aliphatic heterocycles. The van der Waals surface area contributed by atoms with E-state index in [9.17, 15) is 28.8 Å². The van der Waals surface area contributed by atoms with Crippen LogP contribution in [-0.4, -0.2) is 71.6 Å². The van der Waals surface area contributed by atoms with E-state index in [4.69, 9.17) is 23.7 Å². The lowest BCUT2D eigenvalue weighted by atomic mass is 9.86. The Balaban J connectivity index is 1.29. The molecule has 292 valence electrons. The van der Waals surface area contributed by atoms with Gasteiger partial charge in [0, 0.05) is 25.6 Å². The SMILES string of the molecule is CC(=O)Oc1c(C)c(C)c2c(c1C)C(=O)CC(C)(COc1ccc(NC(=O)COc3ccc(CC4SC(=O)NC4=O)cc3)c(N(C)C(=O)OC(C)(C)C)c1)O2. The van der Waals surface area contributed by atoms with Gasteiger partial charge in [0.2, 0.25) is 5.91 Å². The third kappa shape index (κ3) is 9.76. The number of ketones is 1. The first-order valence-electron chi connectivity index (χ1n) is 17.5. The van der Waals surface area contributed by atoms with Crippen LogP contribution >= 0.6 is 11.8 Å². The van der Waals surface area contributed by atoms with Gasteiger partial charge in [0.15, 0.2) is 12.4 Å². The highest BCUT2D eigenvalue weighted by Crippen LogP contribution is 2.44. The molecule has 15 heteroatoms. The average Bonchev–Trinajstić information content (AvgIpc) is 3.42. The lowest BCUT2D eigenvalue weighted by Crippen LogP contribution is -2.45. The number of thioether (sulfide) groups is 1. The number of nitrogens with one attached hydrogen (secondary N) is 2. The smallest absolute Gasteiger partial charge is 0.414 e. The minimum absolute atomic E-state index is 0.0118. The fourth-order valence-corrected chi connectivity index (χ4v) is 6.95. The van der Waals surface area contributed by atoms with Crippen molar-refractivity contribution < 1.29 is 52.5 Å². The maximum atomic E-state index is 13.5. The van der Waals surface area contributed by atoms with Crippen LogP contribution in [0.1, 0.15) is 73.7 Å². The first kappa shape index (κ1) is 40.6. The highest BCUT2D eigenvalue weighted by molar-refractivity contribution is 8.15. The van der Waals surface area contributed by atoms with Gasteiger partial charge in [-0.25, -0.2) is 4.79 Å². The summed E-state index contributed by atoms with van der Waals surface area (Å²) in [5.74, 6) is 0.00107. The van der Waals surface area contributed by atoms with E-state index in [0.29, 0.717) is 51.7 Å². The summed E-state index contributed by atoms with van der Waals surface area (Å²) in [5.41, 5.74) is 1.76. The molecule has 0 bridgehead atoms. The standard InChI is InChI=1S/C40H45N3O11S/c1-21-22(2)35-33(23(3)34(21)52-24(4)44)30(45)18-40(8,53-35)20-51-27-14-15-28(29(17-27)43(9)38(49)54-39(5,6)7)41-32(46)19-50-26-12-10-25(11-13-26)16-31-36(47)42-37(48)55-31/h10-15,17,31H,16,18-20H2,1-9H3,(H,41,46)(H,42,47,48). The molecule has 55 heavy (non-hydrogen) atoms. The van der Waals surface area contributed by atoms with E-state index in [1.165, 1.54) is 18.9 Å². The number of rotatable bonds is 11. The summed E-state index contributed by atoms with van der Waals surface area (Å²) in [6, 6.07) is 11.6. The molecular weight excluding hydrogens is 731 g/mol. The molecule has 0 aromatic heterocycles. The second-order valence-corrected chi connectivity index (χ2v) is 15.9. The van der Waals surface area contributed by atoms with Gasteiger partial charge < -0.3 is 29.0 Å². The average molecular weight is 776 g/mol. The number of hydrogen-bond acceptors (Lipinski definition) is 12. The van der Waals surface area contributed by atoms with Crippen LogP contribution in [-0.2, 0) is 25.5 Å². The summed E-state index contributed by atoms with van der Waals surface area (Å²) in [4.78, 5) is 76.2. The molecule has 5 rings (SSSR count). The molecule has 2 unspecified atom stereocenters. The number of esters is 1. The summed E-state index contributed by atoms with van der Waals surface area (Å²) < 4.78 is 29.3. The summed E-state index contributed by atoms with van der Waals surface area (Å²) >= 11 is 0.952. The second kappa shape index (κ2) is 16.0. The predicted octanol–water partition coefficient (Wildman–Crippen LogP) is 6.62. The molecule has 3 aromatic rings. The second-order valence-electron chi connectivity index (χ2n) is 14.7. The molecule has 0 saturated carbocycles. The summed E-state index contributed by atoms with van der Waals surface area (Å²) in [5, 5.41) is 4.20. The van der Waals surface area contributed by atoms with Crippen LogP contribution in [0.2, 0.25) is 0 Å². The Morgan fingerprint density at radius 1 is 0.982 bits per heavy atom. The van der Waals surface area contributed by atoms with Crippen molar-refractivity contribution >= 4 is 58.0 Å². The Morgan fingerprint density at radius 3 is 2.27 bits per heavy atom. The third-order valence-electron chi connectivity index (χ3n) is 8.89. The molecule has 3 aromatic carbocycles. The molecule has 0 spiro atoms. The molecular formula is C40H45N3O11S. The Hall–Kier alpha value is -5.57. The zero-order valence-corrected chi connectivity index (χ0v) is 33.1. The maximum absolute atomic E-state index is 13.5. The lowest BCUT2D eigenvalue weighted by molar-refractivity contribution is -0.132. The lowest BCUT2D eigenvalue weighted by Gasteiger charge is -2.37. The van der Waals surface area contributed by atoms with E-state index in [-0.39, 0.29) is 47.9 Å². The molecule has 2 atom stereocenters. The number of carbonyl (C=O) groups excluding carboxylic acids is 6. The van der Waals surface area contributed by atoms with Gasteiger partial charge in [0.05, 0.1) is 28.6 Å². The molecule has 0 radical (unpaired) electrons. The van der Waals surface area contributed by atoms with Crippen LogP contribution in [0.25, 0.3) is 0 Å². The molecule has 2 N–H and O–H groups in total. The van der Waals surface area contributed by atoms with Gasteiger partial charge in [-0.3, -0.25) is 34.2 Å². The Morgan fingerprint density at radius 2 is 1.65 bits per heavy atom. The van der Waals surface area contributed by atoms with Crippen molar-refractivity contribution in [2.24, 2.45) is 0 Å². The van der Waals surface area contributed by atoms with Crippen molar-refractivity contribution in [3.8, 4) is 23.0 Å². The topological polar surface area (TPSA) is 176 Å². The summed E-state index contributed by atoms with van der Waals surface area (Å²) in [7, 11) is 1.50. The van der Waals surface area contributed by atoms with Gasteiger partial charge in [-0.2, -0.15) is 0 Å². The van der Waals surface area contributed by atoms with Gasteiger partial charge in [-0.1, -0.05) is 23.9 Å². The van der Waals surface area contributed by atoms with Gasteiger partial charge in [-0.05, 0) is 95.8 Å². The number of hydrogen-bond donors (Lipinski definition) is 2. The highest BCUT2D eigenvalue weighted by atomic mass is 32.2. The zero-order chi connectivity index (χ0) is 40.4. The number of nitrogens with zero attached hydrogens (tertiary/aromatic N) is 1. The number of benzene rings is 3. The fourth-order valence-electron chi connectivity index (χ4n) is 6.09. The van der Waals surface area contributed by atoms with Crippen molar-refractivity contribution in [1.29, 1.82) is 0 Å². The minimum Gasteiger partial charge on any atom is -0.489 e. The van der Waals surface area contributed by atoms with Crippen LogP contribution in [0.3, 0.4) is 0 Å². The number of amides is 4. The summed E-state index contributed by atoms with van der Waals surface area (Å²) in [6.45, 7) is 13.2. The van der Waals surface area contributed by atoms with E-state index in [1.54, 1.807) is 90.9 Å². The zero-order valence-electron chi connectivity index (χ0n) is 32.3. The number of carbonyl (C=O) groups is 6. The van der Waals surface area contributed by atoms with E-state index in [0.717, 1.165) is 17.3 Å². The van der Waals surface area contributed by atoms with E-state index >= 15 is 0 Å². The van der Waals surface area contributed by atoms with Gasteiger partial charge in [0.1, 0.15) is 40.8 Å². The van der Waals surface area contributed by atoms with Crippen molar-refractivity contribution in [2.75, 3.05) is 30.5 Å². The molecule has 0 aliphatic carbocycles. The number of imide groups is 1. The Labute approximate surface area is 323 Å². The molecule has 4 amide bonds. The van der Waals surface area contributed by atoms with E-state index in [1.807, 2.05) is 0 Å². The molecule has 2 heterocycles. The van der Waals surface area contributed by atoms with Crippen LogP contribution < -0.4 is 34.5 Å². The van der Waals surface area contributed by atoms with Crippen LogP contribution in [0.15, 0.2) is 42.5 Å². The fraction of sp³-hybridized carbons (Fsp3) is 0.400. The first-order chi connectivity index (χ1) is 25.7. The molecule has 1 fully saturated rings. The quantitative estimate of drug-likeness (QED) is 0.158. The highest BCUT2D eigenvalue weighted by Gasteiger charge is 2.41. The van der Waals surface area contributed by atoms with Gasteiger partial charge in [0.25, 0.3) is 11.1 Å². The maximum Gasteiger partial charge on any atom is 0.414 e. The predicted molar refractivity (Wildman–Crippen MR) is 206 cm³/mol. The Kier molecular flexibility index (Phi) is 11.8. The van der Waals surface area contributed by atoms with Crippen LogP contribution in [0.4, 0.5) is 21.0 Å². The number of Topliss-reactive ketones (excluding diaryl/α,β-unsaturated/α-hetero) is 1. The van der Waals surface area contributed by atoms with Crippen LogP contribution in [0, 0.1) is 20.8 Å². The minimum atomic E-state index is -1.07. The summed E-state index contributed by atoms with van der Waals surface area (Å²) in [6.07, 6.45) is -0.316. The van der Waals surface area contributed by atoms with Gasteiger partial charge in [-0.15, -0.1) is 0 Å². The molecule has 1 saturated heterocycles. The van der Waals surface area contributed by atoms with Gasteiger partial charge >= 0.3 is 12.1 Å².